The predicted octanol–water partition coefficient (Wildman–Crippen LogP) is 2.26. The SMILES string of the molecule is Cc1ccc(CN(C)C2(CN)CCSC2)cc1. The Kier molecular flexibility index (Phi) is 4.13. The van der Waals surface area contributed by atoms with E-state index in [0.717, 1.165) is 13.1 Å². The number of hydrogen-bond donors (Lipinski definition) is 1. The number of aryl methyl sites for hydroxylation is 1. The van der Waals surface area contributed by atoms with E-state index in [9.17, 15) is 0 Å². The molecular weight excluding hydrogens is 228 g/mol. The third kappa shape index (κ3) is 2.84. The minimum atomic E-state index is 0.218. The predicted molar refractivity (Wildman–Crippen MR) is 76.4 cm³/mol. The smallest absolute Gasteiger partial charge is 0.0430 e. The molecule has 1 aromatic carbocycles. The lowest BCUT2D eigenvalue weighted by Crippen LogP contribution is -2.51. The van der Waals surface area contributed by atoms with Crippen LogP contribution in [0.4, 0.5) is 0 Å². The Morgan fingerprint density at radius 1 is 1.35 bits per heavy atom. The maximum atomic E-state index is 5.99. The van der Waals surface area contributed by atoms with Gasteiger partial charge in [0, 0.05) is 24.4 Å². The number of rotatable bonds is 4. The number of nitrogens with zero attached hydrogens (tertiary/aromatic N) is 1. The van der Waals surface area contributed by atoms with E-state index < -0.39 is 0 Å². The van der Waals surface area contributed by atoms with Crippen LogP contribution >= 0.6 is 11.8 Å². The molecule has 94 valence electrons. The zero-order valence-corrected chi connectivity index (χ0v) is 11.6. The Bertz CT molecular complexity index is 355. The molecule has 0 radical (unpaired) electrons. The molecule has 1 heterocycles. The second-order valence-corrected chi connectivity index (χ2v) is 6.18. The summed E-state index contributed by atoms with van der Waals surface area (Å²) in [6, 6.07) is 8.81. The van der Waals surface area contributed by atoms with Crippen molar-refractivity contribution >= 4 is 11.8 Å². The summed E-state index contributed by atoms with van der Waals surface area (Å²) in [6.45, 7) is 3.89. The maximum Gasteiger partial charge on any atom is 0.0430 e. The van der Waals surface area contributed by atoms with Crippen LogP contribution in [0.3, 0.4) is 0 Å². The van der Waals surface area contributed by atoms with Crippen LogP contribution < -0.4 is 5.73 Å². The molecule has 0 bridgehead atoms. The monoisotopic (exact) mass is 250 g/mol. The Morgan fingerprint density at radius 3 is 2.59 bits per heavy atom. The van der Waals surface area contributed by atoms with Gasteiger partial charge in [-0.15, -0.1) is 0 Å². The first-order chi connectivity index (χ1) is 8.16. The van der Waals surface area contributed by atoms with Crippen molar-refractivity contribution in [3.05, 3.63) is 35.4 Å². The molecule has 2 nitrogen and oxygen atoms in total. The fourth-order valence-corrected chi connectivity index (χ4v) is 3.88. The van der Waals surface area contributed by atoms with Crippen molar-refractivity contribution in [3.63, 3.8) is 0 Å². The first-order valence-corrected chi connectivity index (χ1v) is 7.36. The maximum absolute atomic E-state index is 5.99. The van der Waals surface area contributed by atoms with Gasteiger partial charge in [0.1, 0.15) is 0 Å². The number of hydrogen-bond acceptors (Lipinski definition) is 3. The fraction of sp³-hybridized carbons (Fsp3) is 0.571. The van der Waals surface area contributed by atoms with Crippen LogP contribution in [-0.2, 0) is 6.54 Å². The molecule has 0 aromatic heterocycles. The fourth-order valence-electron chi connectivity index (χ4n) is 2.35. The molecule has 2 rings (SSSR count). The normalized spacial score (nSPS) is 24.5. The van der Waals surface area contributed by atoms with E-state index in [1.54, 1.807) is 0 Å². The van der Waals surface area contributed by atoms with Crippen molar-refractivity contribution < 1.29 is 0 Å². The third-order valence-electron chi connectivity index (χ3n) is 3.81. The van der Waals surface area contributed by atoms with Gasteiger partial charge in [-0.3, -0.25) is 4.90 Å². The molecule has 1 saturated heterocycles. The molecule has 0 aliphatic carbocycles. The van der Waals surface area contributed by atoms with Gasteiger partial charge in [0.05, 0.1) is 0 Å². The summed E-state index contributed by atoms with van der Waals surface area (Å²) >= 11 is 2.03. The summed E-state index contributed by atoms with van der Waals surface area (Å²) in [5.41, 5.74) is 8.91. The van der Waals surface area contributed by atoms with Crippen LogP contribution in [-0.4, -0.2) is 35.5 Å². The van der Waals surface area contributed by atoms with Crippen LogP contribution in [0.25, 0.3) is 0 Å². The highest BCUT2D eigenvalue weighted by molar-refractivity contribution is 7.99. The van der Waals surface area contributed by atoms with E-state index >= 15 is 0 Å². The summed E-state index contributed by atoms with van der Waals surface area (Å²) in [6.07, 6.45) is 1.22. The highest BCUT2D eigenvalue weighted by atomic mass is 32.2. The lowest BCUT2D eigenvalue weighted by Gasteiger charge is -2.37. The Balaban J connectivity index is 2.05. The second-order valence-electron chi connectivity index (χ2n) is 5.07. The molecule has 2 N–H and O–H groups in total. The molecule has 0 amide bonds. The summed E-state index contributed by atoms with van der Waals surface area (Å²) < 4.78 is 0. The molecule has 1 atom stereocenters. The highest BCUT2D eigenvalue weighted by Gasteiger charge is 2.36. The van der Waals surface area contributed by atoms with E-state index in [1.165, 1.54) is 29.1 Å². The molecule has 1 aromatic rings. The standard InChI is InChI=1S/C14H22N2S/c1-12-3-5-13(6-4-12)9-16(2)14(10-15)7-8-17-11-14/h3-6H,7-11,15H2,1-2H3. The van der Waals surface area contributed by atoms with E-state index in [1.807, 2.05) is 11.8 Å². The zero-order chi connectivity index (χ0) is 12.3. The van der Waals surface area contributed by atoms with Crippen molar-refractivity contribution in [2.24, 2.45) is 5.73 Å². The molecule has 1 unspecified atom stereocenters. The van der Waals surface area contributed by atoms with Gasteiger partial charge in [-0.2, -0.15) is 11.8 Å². The van der Waals surface area contributed by atoms with Gasteiger partial charge in [-0.25, -0.2) is 0 Å². The van der Waals surface area contributed by atoms with Gasteiger partial charge in [0.25, 0.3) is 0 Å². The topological polar surface area (TPSA) is 29.3 Å². The van der Waals surface area contributed by atoms with Gasteiger partial charge >= 0.3 is 0 Å². The third-order valence-corrected chi connectivity index (χ3v) is 5.05. The van der Waals surface area contributed by atoms with Crippen molar-refractivity contribution in [1.29, 1.82) is 0 Å². The van der Waals surface area contributed by atoms with Gasteiger partial charge in [0.15, 0.2) is 0 Å². The summed E-state index contributed by atoms with van der Waals surface area (Å²) in [5.74, 6) is 2.42. The van der Waals surface area contributed by atoms with Gasteiger partial charge in [0.2, 0.25) is 0 Å². The number of thioether (sulfide) groups is 1. The largest absolute Gasteiger partial charge is 0.329 e. The summed E-state index contributed by atoms with van der Waals surface area (Å²) in [4.78, 5) is 2.44. The Morgan fingerprint density at radius 2 is 2.06 bits per heavy atom. The second kappa shape index (κ2) is 5.42. The summed E-state index contributed by atoms with van der Waals surface area (Å²) in [5, 5.41) is 0. The van der Waals surface area contributed by atoms with Crippen LogP contribution in [0.15, 0.2) is 24.3 Å². The quantitative estimate of drug-likeness (QED) is 0.889. The molecule has 17 heavy (non-hydrogen) atoms. The van der Waals surface area contributed by atoms with Gasteiger partial charge in [-0.05, 0) is 31.7 Å². The molecule has 3 heteroatoms. The molecular formula is C14H22N2S. The molecule has 0 saturated carbocycles. The average Bonchev–Trinajstić information content (AvgIpc) is 2.82. The number of likely N-dealkylation sites (N-methyl/N-ethyl adjacent to an activating group) is 1. The number of nitrogens with two attached hydrogens (primary N) is 1. The number of benzene rings is 1. The zero-order valence-electron chi connectivity index (χ0n) is 10.8. The first-order valence-electron chi connectivity index (χ1n) is 6.21. The van der Waals surface area contributed by atoms with Crippen molar-refractivity contribution in [2.45, 2.75) is 25.4 Å². The first kappa shape index (κ1) is 12.9. The highest BCUT2D eigenvalue weighted by Crippen LogP contribution is 2.32. The van der Waals surface area contributed by atoms with Crippen molar-refractivity contribution in [3.8, 4) is 0 Å². The van der Waals surface area contributed by atoms with E-state index in [-0.39, 0.29) is 5.54 Å². The minimum Gasteiger partial charge on any atom is -0.329 e. The molecule has 0 spiro atoms. The van der Waals surface area contributed by atoms with Crippen molar-refractivity contribution in [1.82, 2.24) is 4.90 Å². The Labute approximate surface area is 109 Å². The molecule has 1 fully saturated rings. The van der Waals surface area contributed by atoms with E-state index in [2.05, 4.69) is 43.1 Å². The average molecular weight is 250 g/mol. The lowest BCUT2D eigenvalue weighted by molar-refractivity contribution is 0.143. The van der Waals surface area contributed by atoms with Crippen LogP contribution in [0, 0.1) is 6.92 Å². The minimum absolute atomic E-state index is 0.218. The van der Waals surface area contributed by atoms with Gasteiger partial charge in [-0.1, -0.05) is 29.8 Å². The molecule has 1 aliphatic heterocycles. The summed E-state index contributed by atoms with van der Waals surface area (Å²) in [7, 11) is 2.21. The Hall–Kier alpha value is -0.510. The lowest BCUT2D eigenvalue weighted by atomic mass is 9.96. The van der Waals surface area contributed by atoms with E-state index in [0.29, 0.717) is 0 Å². The van der Waals surface area contributed by atoms with Gasteiger partial charge < -0.3 is 5.73 Å². The van der Waals surface area contributed by atoms with E-state index in [4.69, 9.17) is 5.73 Å². The van der Waals surface area contributed by atoms with Crippen molar-refractivity contribution in [2.75, 3.05) is 25.1 Å². The van der Waals surface area contributed by atoms with Crippen LogP contribution in [0.1, 0.15) is 17.5 Å². The van der Waals surface area contributed by atoms with Crippen LogP contribution in [0.5, 0.6) is 0 Å². The van der Waals surface area contributed by atoms with Crippen LogP contribution in [0.2, 0.25) is 0 Å². The molecule has 1 aliphatic rings.